The standard InChI is InChI=1S/C32H34ClN5O4/c1-36-15-17-38(18-16-36)20-28(39)37(2)25-11-9-24(10-12-25)34-31(22-6-3-21(4-7-22)5-14-29(40)41)30-26-13-8-23(33)19-27(26)35-32(30)42/h3-4,6-13,19,34H,5,14-18,20H2,1-2H3,(H,35,42)(H,40,41). The third kappa shape index (κ3) is 6.82. The topological polar surface area (TPSA) is 105 Å². The summed E-state index contributed by atoms with van der Waals surface area (Å²) in [4.78, 5) is 43.3. The maximum Gasteiger partial charge on any atom is 0.303 e. The van der Waals surface area contributed by atoms with Crippen molar-refractivity contribution in [3.63, 3.8) is 0 Å². The SMILES string of the molecule is CN1CCN(CC(=O)N(C)c2ccc(NC(=C3C(=O)Nc4cc(Cl)ccc43)c3ccc(CCC(=O)O)cc3)cc2)CC1. The van der Waals surface area contributed by atoms with Crippen LogP contribution in [0.15, 0.2) is 66.7 Å². The van der Waals surface area contributed by atoms with Crippen LogP contribution in [0.25, 0.3) is 11.3 Å². The summed E-state index contributed by atoms with van der Waals surface area (Å²) in [7, 11) is 3.87. The molecule has 2 aliphatic heterocycles. The predicted molar refractivity (Wildman–Crippen MR) is 167 cm³/mol. The Morgan fingerprint density at radius 2 is 1.69 bits per heavy atom. The molecular formula is C32H34ClN5O4. The number of hydrogen-bond acceptors (Lipinski definition) is 6. The molecule has 3 aromatic carbocycles. The van der Waals surface area contributed by atoms with Crippen LogP contribution in [-0.4, -0.2) is 79.5 Å². The maximum absolute atomic E-state index is 13.2. The third-order valence-electron chi connectivity index (χ3n) is 7.70. The molecular weight excluding hydrogens is 554 g/mol. The van der Waals surface area contributed by atoms with Crippen LogP contribution in [0.5, 0.6) is 0 Å². The molecule has 10 heteroatoms. The van der Waals surface area contributed by atoms with E-state index in [2.05, 4.69) is 27.5 Å². The molecule has 42 heavy (non-hydrogen) atoms. The lowest BCUT2D eigenvalue weighted by Gasteiger charge is -2.32. The summed E-state index contributed by atoms with van der Waals surface area (Å²) in [6.45, 7) is 4.03. The number of carbonyl (C=O) groups is 3. The van der Waals surface area contributed by atoms with E-state index in [-0.39, 0.29) is 18.2 Å². The van der Waals surface area contributed by atoms with Gasteiger partial charge in [-0.15, -0.1) is 0 Å². The van der Waals surface area contributed by atoms with Crippen molar-refractivity contribution in [2.45, 2.75) is 12.8 Å². The minimum atomic E-state index is -0.850. The number of amides is 2. The summed E-state index contributed by atoms with van der Waals surface area (Å²) in [6.07, 6.45) is 0.458. The van der Waals surface area contributed by atoms with E-state index in [1.807, 2.05) is 54.6 Å². The number of benzene rings is 3. The highest BCUT2D eigenvalue weighted by Gasteiger charge is 2.29. The fraction of sp³-hybridized carbons (Fsp3) is 0.281. The molecule has 3 N–H and O–H groups in total. The van der Waals surface area contributed by atoms with Crippen molar-refractivity contribution in [2.75, 3.05) is 62.4 Å². The Bertz CT molecular complexity index is 1510. The van der Waals surface area contributed by atoms with E-state index in [4.69, 9.17) is 16.7 Å². The zero-order valence-electron chi connectivity index (χ0n) is 23.7. The van der Waals surface area contributed by atoms with Gasteiger partial charge in [-0.05, 0) is 61.0 Å². The van der Waals surface area contributed by atoms with E-state index in [0.29, 0.717) is 34.9 Å². The number of nitrogens with one attached hydrogen (secondary N) is 2. The van der Waals surface area contributed by atoms with Gasteiger partial charge in [-0.3, -0.25) is 19.3 Å². The first-order chi connectivity index (χ1) is 20.2. The second-order valence-corrected chi connectivity index (χ2v) is 11.1. The number of aliphatic carboxylic acids is 1. The van der Waals surface area contributed by atoms with Crippen LogP contribution in [-0.2, 0) is 20.8 Å². The predicted octanol–water partition coefficient (Wildman–Crippen LogP) is 4.50. The van der Waals surface area contributed by atoms with Gasteiger partial charge in [0, 0.05) is 61.6 Å². The Balaban J connectivity index is 1.40. The number of rotatable bonds is 9. The second kappa shape index (κ2) is 12.8. The van der Waals surface area contributed by atoms with Gasteiger partial charge in [-0.25, -0.2) is 0 Å². The molecule has 218 valence electrons. The molecule has 0 aliphatic carbocycles. The Kier molecular flexibility index (Phi) is 8.91. The first-order valence-corrected chi connectivity index (χ1v) is 14.3. The quantitative estimate of drug-likeness (QED) is 0.317. The third-order valence-corrected chi connectivity index (χ3v) is 7.93. The Hall–Kier alpha value is -4.18. The van der Waals surface area contributed by atoms with Crippen molar-refractivity contribution in [3.05, 3.63) is 88.4 Å². The molecule has 0 bridgehead atoms. The van der Waals surface area contributed by atoms with Crippen LogP contribution >= 0.6 is 11.6 Å². The molecule has 1 saturated heterocycles. The van der Waals surface area contributed by atoms with Gasteiger partial charge in [0.25, 0.3) is 5.91 Å². The summed E-state index contributed by atoms with van der Waals surface area (Å²) in [6, 6.07) is 20.3. The number of carboxylic acid groups (broad SMARTS) is 1. The van der Waals surface area contributed by atoms with Gasteiger partial charge in [0.2, 0.25) is 5.91 Å². The van der Waals surface area contributed by atoms with Gasteiger partial charge in [0.15, 0.2) is 0 Å². The van der Waals surface area contributed by atoms with Crippen molar-refractivity contribution in [1.29, 1.82) is 0 Å². The van der Waals surface area contributed by atoms with Crippen molar-refractivity contribution >= 4 is 57.7 Å². The second-order valence-electron chi connectivity index (χ2n) is 10.7. The van der Waals surface area contributed by atoms with Gasteiger partial charge in [-0.1, -0.05) is 41.9 Å². The minimum absolute atomic E-state index is 0.0314. The number of halogens is 1. The molecule has 0 atom stereocenters. The lowest BCUT2D eigenvalue weighted by Crippen LogP contribution is -2.48. The number of anilines is 3. The van der Waals surface area contributed by atoms with Crippen molar-refractivity contribution in [1.82, 2.24) is 9.80 Å². The Morgan fingerprint density at radius 3 is 2.36 bits per heavy atom. The van der Waals surface area contributed by atoms with Gasteiger partial charge in [0.05, 0.1) is 23.5 Å². The largest absolute Gasteiger partial charge is 0.481 e. The number of hydrogen-bond donors (Lipinski definition) is 3. The van der Waals surface area contributed by atoms with Gasteiger partial charge >= 0.3 is 5.97 Å². The maximum atomic E-state index is 13.2. The smallest absolute Gasteiger partial charge is 0.303 e. The number of fused-ring (bicyclic) bond motifs is 1. The van der Waals surface area contributed by atoms with Crippen LogP contribution in [0.1, 0.15) is 23.1 Å². The molecule has 2 heterocycles. The molecule has 1 fully saturated rings. The molecule has 2 amide bonds. The monoisotopic (exact) mass is 587 g/mol. The van der Waals surface area contributed by atoms with Crippen molar-refractivity contribution < 1.29 is 19.5 Å². The highest BCUT2D eigenvalue weighted by atomic mass is 35.5. The normalized spacial score (nSPS) is 16.5. The van der Waals surface area contributed by atoms with Gasteiger partial charge < -0.3 is 25.5 Å². The van der Waals surface area contributed by atoms with E-state index in [1.165, 1.54) is 0 Å². The van der Waals surface area contributed by atoms with Crippen molar-refractivity contribution in [3.8, 4) is 0 Å². The van der Waals surface area contributed by atoms with E-state index in [0.717, 1.165) is 54.2 Å². The zero-order valence-corrected chi connectivity index (χ0v) is 24.4. The minimum Gasteiger partial charge on any atom is -0.481 e. The lowest BCUT2D eigenvalue weighted by atomic mass is 9.98. The number of likely N-dealkylation sites (N-methyl/N-ethyl adjacent to an activating group) is 2. The lowest BCUT2D eigenvalue weighted by molar-refractivity contribution is -0.137. The van der Waals surface area contributed by atoms with Crippen LogP contribution in [0.4, 0.5) is 17.1 Å². The van der Waals surface area contributed by atoms with Crippen LogP contribution in [0.2, 0.25) is 5.02 Å². The van der Waals surface area contributed by atoms with Crippen molar-refractivity contribution in [2.24, 2.45) is 0 Å². The summed E-state index contributed by atoms with van der Waals surface area (Å²) >= 11 is 6.18. The highest BCUT2D eigenvalue weighted by molar-refractivity contribution is 6.38. The zero-order chi connectivity index (χ0) is 29.8. The molecule has 0 unspecified atom stereocenters. The van der Waals surface area contributed by atoms with E-state index in [9.17, 15) is 14.4 Å². The summed E-state index contributed by atoms with van der Waals surface area (Å²) in [5, 5.41) is 15.9. The first kappa shape index (κ1) is 29.3. The van der Waals surface area contributed by atoms with Crippen LogP contribution in [0.3, 0.4) is 0 Å². The molecule has 0 aromatic heterocycles. The average molecular weight is 588 g/mol. The molecule has 0 saturated carbocycles. The number of aryl methyl sites for hydroxylation is 1. The number of piperazine rings is 1. The molecule has 2 aliphatic rings. The molecule has 9 nitrogen and oxygen atoms in total. The first-order valence-electron chi connectivity index (χ1n) is 13.9. The van der Waals surface area contributed by atoms with Gasteiger partial charge in [0.1, 0.15) is 0 Å². The molecule has 3 aromatic rings. The molecule has 0 spiro atoms. The number of nitrogens with zero attached hydrogens (tertiary/aromatic N) is 3. The molecule has 0 radical (unpaired) electrons. The van der Waals surface area contributed by atoms with E-state index in [1.54, 1.807) is 24.1 Å². The Morgan fingerprint density at radius 1 is 1.00 bits per heavy atom. The van der Waals surface area contributed by atoms with Crippen LogP contribution in [0, 0.1) is 0 Å². The fourth-order valence-corrected chi connectivity index (χ4v) is 5.29. The highest BCUT2D eigenvalue weighted by Crippen LogP contribution is 2.39. The summed E-state index contributed by atoms with van der Waals surface area (Å²) in [5.74, 6) is -1.07. The van der Waals surface area contributed by atoms with E-state index < -0.39 is 5.97 Å². The van der Waals surface area contributed by atoms with E-state index >= 15 is 0 Å². The van der Waals surface area contributed by atoms with Gasteiger partial charge in [-0.2, -0.15) is 0 Å². The number of carboxylic acids is 1. The summed E-state index contributed by atoms with van der Waals surface area (Å²) in [5.41, 5.74) is 5.62. The fourth-order valence-electron chi connectivity index (χ4n) is 5.12. The molecule has 5 rings (SSSR count). The van der Waals surface area contributed by atoms with Crippen LogP contribution < -0.4 is 15.5 Å². The Labute approximate surface area is 250 Å². The number of carbonyl (C=O) groups excluding carboxylic acids is 2. The average Bonchev–Trinajstić information content (AvgIpc) is 3.30. The summed E-state index contributed by atoms with van der Waals surface area (Å²) < 4.78 is 0.